The van der Waals surface area contributed by atoms with E-state index in [1.165, 1.54) is 43.5 Å². The minimum Gasteiger partial charge on any atom is -0.493 e. The molecule has 2 aliphatic rings. The molecule has 0 saturated carbocycles. The van der Waals surface area contributed by atoms with Crippen LogP contribution in [-0.2, 0) is 14.4 Å². The molecule has 2 saturated heterocycles. The molecule has 2 fully saturated rings. The van der Waals surface area contributed by atoms with Crippen LogP contribution < -0.4 is 19.4 Å². The maximum atomic E-state index is 13.7. The van der Waals surface area contributed by atoms with Crippen LogP contribution in [-0.4, -0.2) is 43.2 Å². The first-order valence-corrected chi connectivity index (χ1v) is 11.0. The number of methoxy groups -OCH3 is 2. The van der Waals surface area contributed by atoms with Crippen LogP contribution in [0.15, 0.2) is 66.7 Å². The number of benzene rings is 3. The number of carbonyl (C=O) groups is 3. The van der Waals surface area contributed by atoms with Crippen LogP contribution in [0.2, 0.25) is 0 Å². The third-order valence-corrected chi connectivity index (χ3v) is 6.32. The predicted octanol–water partition coefficient (Wildman–Crippen LogP) is 3.59. The summed E-state index contributed by atoms with van der Waals surface area (Å²) in [6.07, 6.45) is -1.22. The Hall–Kier alpha value is -4.44. The van der Waals surface area contributed by atoms with Gasteiger partial charge in [-0.25, -0.2) is 19.1 Å². The first-order valence-electron chi connectivity index (χ1n) is 11.0. The lowest BCUT2D eigenvalue weighted by molar-refractivity contribution is -0.126. The molecule has 184 valence electrons. The minimum atomic E-state index is -1.30. The largest absolute Gasteiger partial charge is 0.493 e. The molecule has 2 heterocycles. The maximum absolute atomic E-state index is 13.7. The van der Waals surface area contributed by atoms with Gasteiger partial charge in [0.1, 0.15) is 17.3 Å². The monoisotopic (exact) mass is 492 g/mol. The number of imide groups is 1. The van der Waals surface area contributed by atoms with Gasteiger partial charge in [0.15, 0.2) is 17.6 Å². The van der Waals surface area contributed by atoms with Gasteiger partial charge in [0.05, 0.1) is 31.6 Å². The zero-order chi connectivity index (χ0) is 25.6. The number of halogens is 1. The topological polar surface area (TPSA) is 106 Å². The van der Waals surface area contributed by atoms with Crippen LogP contribution in [0, 0.1) is 11.7 Å². The van der Waals surface area contributed by atoms with Gasteiger partial charge in [0.2, 0.25) is 5.91 Å². The Morgan fingerprint density at radius 2 is 1.61 bits per heavy atom. The molecule has 0 aromatic heterocycles. The van der Waals surface area contributed by atoms with Crippen molar-refractivity contribution in [3.63, 3.8) is 0 Å². The van der Waals surface area contributed by atoms with Gasteiger partial charge in [0.25, 0.3) is 5.91 Å². The van der Waals surface area contributed by atoms with Crippen molar-refractivity contribution in [3.8, 4) is 11.5 Å². The number of carbonyl (C=O) groups excluding carboxylic acids is 2. The zero-order valence-corrected chi connectivity index (χ0v) is 19.3. The highest BCUT2D eigenvalue weighted by Crippen LogP contribution is 2.50. The highest BCUT2D eigenvalue weighted by Gasteiger charge is 2.61. The van der Waals surface area contributed by atoms with Gasteiger partial charge in [-0.15, -0.1) is 0 Å². The maximum Gasteiger partial charge on any atom is 0.339 e. The highest BCUT2D eigenvalue weighted by molar-refractivity contribution is 6.24. The first kappa shape index (κ1) is 23.3. The fraction of sp³-hybridized carbons (Fsp3) is 0.192. The summed E-state index contributed by atoms with van der Waals surface area (Å²) in [5.41, 5.74) is 0.711. The van der Waals surface area contributed by atoms with Gasteiger partial charge in [-0.1, -0.05) is 24.3 Å². The summed E-state index contributed by atoms with van der Waals surface area (Å²) >= 11 is 0. The molecule has 5 rings (SSSR count). The molecule has 1 N–H and O–H groups in total. The van der Waals surface area contributed by atoms with E-state index in [2.05, 4.69) is 0 Å². The van der Waals surface area contributed by atoms with Crippen molar-refractivity contribution in [2.24, 2.45) is 5.92 Å². The Bertz CT molecular complexity index is 1350. The number of carboxylic acid groups (broad SMARTS) is 1. The van der Waals surface area contributed by atoms with Crippen LogP contribution in [0.4, 0.5) is 15.8 Å². The number of nitrogens with zero attached hydrogens (tertiary/aromatic N) is 2. The second kappa shape index (κ2) is 8.97. The lowest BCUT2D eigenvalue weighted by Crippen LogP contribution is -2.37. The van der Waals surface area contributed by atoms with E-state index >= 15 is 0 Å². The van der Waals surface area contributed by atoms with Crippen molar-refractivity contribution in [1.82, 2.24) is 0 Å². The number of anilines is 2. The predicted molar refractivity (Wildman–Crippen MR) is 125 cm³/mol. The minimum absolute atomic E-state index is 0.0221. The molecule has 9 nitrogen and oxygen atoms in total. The molecule has 2 amide bonds. The smallest absolute Gasteiger partial charge is 0.339 e. The molecule has 0 spiro atoms. The van der Waals surface area contributed by atoms with E-state index in [9.17, 15) is 23.9 Å². The molecule has 0 bridgehead atoms. The summed E-state index contributed by atoms with van der Waals surface area (Å²) in [5, 5.41) is 11.5. The van der Waals surface area contributed by atoms with Gasteiger partial charge < -0.3 is 14.6 Å². The van der Waals surface area contributed by atoms with Crippen LogP contribution in [0.3, 0.4) is 0 Å². The van der Waals surface area contributed by atoms with Gasteiger partial charge in [-0.05, 0) is 48.0 Å². The number of amides is 2. The Morgan fingerprint density at radius 1 is 0.917 bits per heavy atom. The van der Waals surface area contributed by atoms with Crippen molar-refractivity contribution in [2.75, 3.05) is 24.2 Å². The van der Waals surface area contributed by atoms with Gasteiger partial charge >= 0.3 is 5.97 Å². The molecule has 2 aliphatic heterocycles. The van der Waals surface area contributed by atoms with Crippen molar-refractivity contribution in [2.45, 2.75) is 12.1 Å². The van der Waals surface area contributed by atoms with E-state index in [0.717, 1.165) is 17.0 Å². The number of rotatable bonds is 6. The summed E-state index contributed by atoms with van der Waals surface area (Å²) in [6, 6.07) is 15.8. The molecule has 3 aromatic rings. The average Bonchev–Trinajstić information content (AvgIpc) is 3.39. The van der Waals surface area contributed by atoms with Crippen molar-refractivity contribution in [1.29, 1.82) is 0 Å². The molecular formula is C26H21FN2O7. The molecule has 3 atom stereocenters. The molecule has 10 heteroatoms. The molecule has 0 aliphatic carbocycles. The molecule has 3 aromatic carbocycles. The van der Waals surface area contributed by atoms with Crippen LogP contribution in [0.25, 0.3) is 0 Å². The summed E-state index contributed by atoms with van der Waals surface area (Å²) in [4.78, 5) is 46.5. The Labute approximate surface area is 205 Å². The van der Waals surface area contributed by atoms with E-state index < -0.39 is 41.7 Å². The number of hydrogen-bond acceptors (Lipinski definition) is 7. The Balaban J connectivity index is 1.68. The third-order valence-electron chi connectivity index (χ3n) is 6.32. The van der Waals surface area contributed by atoms with E-state index in [1.54, 1.807) is 30.3 Å². The molecule has 0 unspecified atom stereocenters. The molecule has 36 heavy (non-hydrogen) atoms. The van der Waals surface area contributed by atoms with Crippen LogP contribution in [0.5, 0.6) is 11.5 Å². The fourth-order valence-electron chi connectivity index (χ4n) is 4.78. The van der Waals surface area contributed by atoms with E-state index in [4.69, 9.17) is 14.3 Å². The summed E-state index contributed by atoms with van der Waals surface area (Å²) < 4.78 is 24.1. The lowest BCUT2D eigenvalue weighted by Gasteiger charge is -2.30. The number of ether oxygens (including phenoxy) is 2. The van der Waals surface area contributed by atoms with Crippen molar-refractivity contribution >= 4 is 29.2 Å². The molecule has 0 radical (unpaired) electrons. The van der Waals surface area contributed by atoms with E-state index in [-0.39, 0.29) is 28.3 Å². The Kier molecular flexibility index (Phi) is 5.81. The summed E-state index contributed by atoms with van der Waals surface area (Å²) in [6.45, 7) is 0. The van der Waals surface area contributed by atoms with Gasteiger partial charge in [-0.2, -0.15) is 0 Å². The van der Waals surface area contributed by atoms with Crippen molar-refractivity contribution in [3.05, 3.63) is 83.7 Å². The first-order chi connectivity index (χ1) is 17.4. The zero-order valence-electron chi connectivity index (χ0n) is 19.3. The van der Waals surface area contributed by atoms with Crippen LogP contribution in [0.1, 0.15) is 22.0 Å². The Morgan fingerprint density at radius 3 is 2.22 bits per heavy atom. The normalized spacial score (nSPS) is 21.0. The van der Waals surface area contributed by atoms with E-state index in [0.29, 0.717) is 5.69 Å². The lowest BCUT2D eigenvalue weighted by atomic mass is 9.87. The number of hydroxylamine groups is 1. The summed E-state index contributed by atoms with van der Waals surface area (Å²) in [7, 11) is 2.70. The fourth-order valence-corrected chi connectivity index (χ4v) is 4.78. The van der Waals surface area contributed by atoms with Crippen LogP contribution >= 0.6 is 0 Å². The number of fused-ring (bicyclic) bond motifs is 1. The number of hydrogen-bond donors (Lipinski definition) is 1. The van der Waals surface area contributed by atoms with E-state index in [1.807, 2.05) is 0 Å². The second-order valence-corrected chi connectivity index (χ2v) is 8.22. The second-order valence-electron chi connectivity index (χ2n) is 8.22. The summed E-state index contributed by atoms with van der Waals surface area (Å²) in [5.74, 6) is -3.95. The number of para-hydroxylation sites is 1. The number of carboxylic acids is 1. The quantitative estimate of drug-likeness (QED) is 0.521. The van der Waals surface area contributed by atoms with Crippen molar-refractivity contribution < 1.29 is 38.2 Å². The highest BCUT2D eigenvalue weighted by atomic mass is 19.1. The molecular weight excluding hydrogens is 471 g/mol. The number of aromatic carboxylic acids is 1. The SMILES string of the molecule is COc1ccc([C@H]2[C@H]3C(=O)N(c4ccc(F)cc4)C(=O)[C@@H]3ON2c2ccccc2)c(C(=O)O)c1OC. The third kappa shape index (κ3) is 3.54. The van der Waals surface area contributed by atoms with Gasteiger partial charge in [-0.3, -0.25) is 14.4 Å². The average molecular weight is 492 g/mol. The standard InChI is InChI=1S/C26H21FN2O7/c1-34-18-13-12-17(19(26(32)33)22(18)35-2)21-20-23(36-29(21)16-6-4-3-5-7-16)25(31)28(24(20)30)15-10-8-14(27)9-11-15/h3-13,20-21,23H,1-2H3,(H,32,33)/t20-,21+,23-/m1/s1. The van der Waals surface area contributed by atoms with Gasteiger partial charge in [0, 0.05) is 0 Å².